The van der Waals surface area contributed by atoms with E-state index >= 15 is 0 Å². The van der Waals surface area contributed by atoms with E-state index in [0.29, 0.717) is 0 Å². The first-order valence-electron chi connectivity index (χ1n) is 6.94. The van der Waals surface area contributed by atoms with Crippen LogP contribution in [0.2, 0.25) is 0 Å². The zero-order valence-corrected chi connectivity index (χ0v) is 12.2. The van der Waals surface area contributed by atoms with Crippen molar-refractivity contribution in [2.45, 2.75) is 46.2 Å². The van der Waals surface area contributed by atoms with E-state index in [2.05, 4.69) is 55.0 Å². The SMILES string of the molecule is CCN(CCNC(C)(C)CC)Cc1ccccn1. The van der Waals surface area contributed by atoms with Crippen molar-refractivity contribution >= 4 is 0 Å². The second-order valence-electron chi connectivity index (χ2n) is 5.35. The molecule has 0 atom stereocenters. The Morgan fingerprint density at radius 3 is 2.61 bits per heavy atom. The van der Waals surface area contributed by atoms with Gasteiger partial charge >= 0.3 is 0 Å². The van der Waals surface area contributed by atoms with Crippen LogP contribution >= 0.6 is 0 Å². The van der Waals surface area contributed by atoms with Gasteiger partial charge in [0.2, 0.25) is 0 Å². The third-order valence-electron chi connectivity index (χ3n) is 3.47. The first-order valence-corrected chi connectivity index (χ1v) is 6.94. The van der Waals surface area contributed by atoms with Crippen molar-refractivity contribution in [1.29, 1.82) is 0 Å². The summed E-state index contributed by atoms with van der Waals surface area (Å²) in [5.74, 6) is 0. The lowest BCUT2D eigenvalue weighted by molar-refractivity contribution is 0.257. The molecule has 18 heavy (non-hydrogen) atoms. The van der Waals surface area contributed by atoms with Gasteiger partial charge in [0, 0.05) is 31.4 Å². The molecule has 102 valence electrons. The van der Waals surface area contributed by atoms with Gasteiger partial charge < -0.3 is 5.32 Å². The van der Waals surface area contributed by atoms with Crippen molar-refractivity contribution in [3.8, 4) is 0 Å². The summed E-state index contributed by atoms with van der Waals surface area (Å²) in [4.78, 5) is 6.80. The Labute approximate surface area is 112 Å². The Morgan fingerprint density at radius 1 is 1.28 bits per heavy atom. The molecule has 0 radical (unpaired) electrons. The monoisotopic (exact) mass is 249 g/mol. The van der Waals surface area contributed by atoms with E-state index in [1.54, 1.807) is 0 Å². The molecule has 1 heterocycles. The van der Waals surface area contributed by atoms with Crippen LogP contribution in [0.25, 0.3) is 0 Å². The molecule has 0 bridgehead atoms. The highest BCUT2D eigenvalue weighted by molar-refractivity contribution is 5.03. The lowest BCUT2D eigenvalue weighted by atomic mass is 10.0. The molecule has 0 aliphatic heterocycles. The fourth-order valence-electron chi connectivity index (χ4n) is 1.75. The summed E-state index contributed by atoms with van der Waals surface area (Å²) < 4.78 is 0. The largest absolute Gasteiger partial charge is 0.311 e. The van der Waals surface area contributed by atoms with Crippen LogP contribution in [0.3, 0.4) is 0 Å². The molecule has 3 nitrogen and oxygen atoms in total. The highest BCUT2D eigenvalue weighted by Gasteiger charge is 2.13. The number of nitrogens with zero attached hydrogens (tertiary/aromatic N) is 2. The predicted molar refractivity (Wildman–Crippen MR) is 77.6 cm³/mol. The molecule has 0 fully saturated rings. The van der Waals surface area contributed by atoms with E-state index in [1.165, 1.54) is 0 Å². The maximum absolute atomic E-state index is 4.38. The Morgan fingerprint density at radius 2 is 2.06 bits per heavy atom. The van der Waals surface area contributed by atoms with Gasteiger partial charge in [-0.3, -0.25) is 9.88 Å². The number of nitrogens with one attached hydrogen (secondary N) is 1. The minimum absolute atomic E-state index is 0.240. The second-order valence-corrected chi connectivity index (χ2v) is 5.35. The minimum atomic E-state index is 0.240. The molecular weight excluding hydrogens is 222 g/mol. The molecule has 1 rings (SSSR count). The average molecular weight is 249 g/mol. The minimum Gasteiger partial charge on any atom is -0.311 e. The molecular formula is C15H27N3. The summed E-state index contributed by atoms with van der Waals surface area (Å²) in [5, 5.41) is 3.60. The van der Waals surface area contributed by atoms with E-state index in [9.17, 15) is 0 Å². The molecule has 3 heteroatoms. The highest BCUT2D eigenvalue weighted by atomic mass is 15.1. The van der Waals surface area contributed by atoms with Crippen LogP contribution < -0.4 is 5.32 Å². The molecule has 0 aliphatic rings. The van der Waals surface area contributed by atoms with Crippen LogP contribution in [0.5, 0.6) is 0 Å². The summed E-state index contributed by atoms with van der Waals surface area (Å²) >= 11 is 0. The fourth-order valence-corrected chi connectivity index (χ4v) is 1.75. The number of hydrogen-bond donors (Lipinski definition) is 1. The van der Waals surface area contributed by atoms with Crippen LogP contribution in [-0.2, 0) is 6.54 Å². The first-order chi connectivity index (χ1) is 8.57. The summed E-state index contributed by atoms with van der Waals surface area (Å²) in [7, 11) is 0. The highest BCUT2D eigenvalue weighted by Crippen LogP contribution is 2.06. The number of rotatable bonds is 8. The fraction of sp³-hybridized carbons (Fsp3) is 0.667. The van der Waals surface area contributed by atoms with Gasteiger partial charge in [0.25, 0.3) is 0 Å². The van der Waals surface area contributed by atoms with Gasteiger partial charge in [-0.1, -0.05) is 19.9 Å². The van der Waals surface area contributed by atoms with E-state index in [1.807, 2.05) is 12.3 Å². The average Bonchev–Trinajstić information content (AvgIpc) is 2.38. The van der Waals surface area contributed by atoms with Gasteiger partial charge in [0.1, 0.15) is 0 Å². The van der Waals surface area contributed by atoms with Crippen LogP contribution in [-0.4, -0.2) is 35.1 Å². The Hall–Kier alpha value is -0.930. The maximum atomic E-state index is 4.38. The molecule has 1 aromatic heterocycles. The van der Waals surface area contributed by atoms with Gasteiger partial charge in [-0.25, -0.2) is 0 Å². The summed E-state index contributed by atoms with van der Waals surface area (Å²) in [6, 6.07) is 6.10. The molecule has 0 saturated heterocycles. The summed E-state index contributed by atoms with van der Waals surface area (Å²) in [6.45, 7) is 13.0. The topological polar surface area (TPSA) is 28.2 Å². The zero-order valence-electron chi connectivity index (χ0n) is 12.2. The van der Waals surface area contributed by atoms with Gasteiger partial charge in [-0.05, 0) is 38.9 Å². The number of likely N-dealkylation sites (N-methyl/N-ethyl adjacent to an activating group) is 1. The second kappa shape index (κ2) is 7.49. The van der Waals surface area contributed by atoms with Crippen molar-refractivity contribution in [2.24, 2.45) is 0 Å². The Kier molecular flexibility index (Phi) is 6.30. The lowest BCUT2D eigenvalue weighted by Crippen LogP contribution is -2.43. The summed E-state index contributed by atoms with van der Waals surface area (Å²) in [6.07, 6.45) is 3.01. The standard InChI is InChI=1S/C15H27N3/c1-5-15(3,4)17-11-12-18(6-2)13-14-9-7-8-10-16-14/h7-10,17H,5-6,11-13H2,1-4H3. The quantitative estimate of drug-likeness (QED) is 0.768. The van der Waals surface area contributed by atoms with Crippen molar-refractivity contribution in [1.82, 2.24) is 15.2 Å². The Balaban J connectivity index is 2.34. The van der Waals surface area contributed by atoms with Crippen molar-refractivity contribution in [3.63, 3.8) is 0 Å². The smallest absolute Gasteiger partial charge is 0.0543 e. The zero-order chi connectivity index (χ0) is 13.4. The van der Waals surface area contributed by atoms with E-state index in [-0.39, 0.29) is 5.54 Å². The van der Waals surface area contributed by atoms with Crippen molar-refractivity contribution in [2.75, 3.05) is 19.6 Å². The van der Waals surface area contributed by atoms with E-state index in [0.717, 1.165) is 38.3 Å². The number of aromatic nitrogens is 1. The lowest BCUT2D eigenvalue weighted by Gasteiger charge is -2.27. The number of pyridine rings is 1. The van der Waals surface area contributed by atoms with Crippen LogP contribution in [0.15, 0.2) is 24.4 Å². The molecule has 0 amide bonds. The molecule has 0 spiro atoms. The normalized spacial score (nSPS) is 12.1. The van der Waals surface area contributed by atoms with Gasteiger partial charge in [0.15, 0.2) is 0 Å². The first kappa shape index (κ1) is 15.1. The number of hydrogen-bond acceptors (Lipinski definition) is 3. The molecule has 0 saturated carbocycles. The summed E-state index contributed by atoms with van der Waals surface area (Å²) in [5.41, 5.74) is 1.39. The van der Waals surface area contributed by atoms with Gasteiger partial charge in [-0.15, -0.1) is 0 Å². The van der Waals surface area contributed by atoms with E-state index < -0.39 is 0 Å². The maximum Gasteiger partial charge on any atom is 0.0543 e. The van der Waals surface area contributed by atoms with Gasteiger partial charge in [-0.2, -0.15) is 0 Å². The third kappa shape index (κ3) is 5.61. The molecule has 0 aromatic carbocycles. The molecule has 1 N–H and O–H groups in total. The van der Waals surface area contributed by atoms with Crippen LogP contribution in [0.1, 0.15) is 39.8 Å². The molecule has 0 unspecified atom stereocenters. The van der Waals surface area contributed by atoms with Crippen molar-refractivity contribution in [3.05, 3.63) is 30.1 Å². The predicted octanol–water partition coefficient (Wildman–Crippen LogP) is 2.68. The molecule has 1 aromatic rings. The third-order valence-corrected chi connectivity index (χ3v) is 3.47. The van der Waals surface area contributed by atoms with Crippen molar-refractivity contribution < 1.29 is 0 Å². The molecule has 0 aliphatic carbocycles. The van der Waals surface area contributed by atoms with Crippen LogP contribution in [0.4, 0.5) is 0 Å². The van der Waals surface area contributed by atoms with E-state index in [4.69, 9.17) is 0 Å². The van der Waals surface area contributed by atoms with Gasteiger partial charge in [0.05, 0.1) is 5.69 Å². The Bertz CT molecular complexity index is 322. The van der Waals surface area contributed by atoms with Crippen LogP contribution in [0, 0.1) is 0 Å².